The average molecular weight is 559 g/mol. The van der Waals surface area contributed by atoms with Gasteiger partial charge >= 0.3 is 0 Å². The number of piperidine rings is 1. The number of carbonyl (C=O) groups excluding carboxylic acids is 2. The lowest BCUT2D eigenvalue weighted by molar-refractivity contribution is -0.166. The van der Waals surface area contributed by atoms with Crippen molar-refractivity contribution in [1.29, 1.82) is 10.8 Å². The second-order valence-corrected chi connectivity index (χ2v) is 13.3. The lowest BCUT2D eigenvalue weighted by atomic mass is 9.58. The summed E-state index contributed by atoms with van der Waals surface area (Å²) in [5.74, 6) is 2.32. The maximum absolute atomic E-state index is 13.4. The molecule has 39 heavy (non-hydrogen) atoms. The maximum atomic E-state index is 13.4. The summed E-state index contributed by atoms with van der Waals surface area (Å²) < 4.78 is 5.57. The largest absolute Gasteiger partial charge is 0.381 e. The Bertz CT molecular complexity index is 872. The van der Waals surface area contributed by atoms with E-state index in [1.807, 2.05) is 11.0 Å². The summed E-state index contributed by atoms with van der Waals surface area (Å²) in [4.78, 5) is 30.3. The normalized spacial score (nSPS) is 31.4. The third kappa shape index (κ3) is 6.80. The second-order valence-electron chi connectivity index (χ2n) is 12.2. The number of likely N-dealkylation sites (tertiary alicyclic amines) is 1. The van der Waals surface area contributed by atoms with Crippen molar-refractivity contribution in [3.63, 3.8) is 0 Å². The van der Waals surface area contributed by atoms with E-state index in [0.29, 0.717) is 35.6 Å². The monoisotopic (exact) mass is 558 g/mol. The van der Waals surface area contributed by atoms with Crippen LogP contribution < -0.4 is 0 Å². The Morgan fingerprint density at radius 1 is 1.08 bits per heavy atom. The van der Waals surface area contributed by atoms with Gasteiger partial charge in [0.1, 0.15) is 5.84 Å². The first-order valence-corrected chi connectivity index (χ1v) is 16.5. The highest BCUT2D eigenvalue weighted by molar-refractivity contribution is 8.13. The molecule has 1 aliphatic heterocycles. The molecule has 218 valence electrons. The summed E-state index contributed by atoms with van der Waals surface area (Å²) in [5, 5.41) is 18.6. The van der Waals surface area contributed by atoms with Crippen LogP contribution in [0.3, 0.4) is 0 Å². The van der Waals surface area contributed by atoms with Gasteiger partial charge in [-0.3, -0.25) is 25.3 Å². The highest BCUT2D eigenvalue weighted by atomic mass is 32.2. The minimum Gasteiger partial charge on any atom is -0.381 e. The van der Waals surface area contributed by atoms with Gasteiger partial charge in [-0.05, 0) is 69.6 Å². The Morgan fingerprint density at radius 3 is 2.28 bits per heavy atom. The van der Waals surface area contributed by atoms with Crippen molar-refractivity contribution in [2.45, 2.75) is 109 Å². The van der Waals surface area contributed by atoms with E-state index in [1.54, 1.807) is 12.0 Å². The van der Waals surface area contributed by atoms with Crippen LogP contribution >= 0.6 is 11.8 Å². The Balaban J connectivity index is 1.36. The number of hydrogen-bond donors (Lipinski definition) is 2. The number of nitrogens with one attached hydrogen (secondary N) is 2. The van der Waals surface area contributed by atoms with Crippen molar-refractivity contribution in [3.05, 3.63) is 12.7 Å². The number of rotatable bonds is 11. The van der Waals surface area contributed by atoms with E-state index in [4.69, 9.17) is 15.6 Å². The zero-order valence-corrected chi connectivity index (χ0v) is 25.0. The highest BCUT2D eigenvalue weighted by Gasteiger charge is 2.52. The minimum atomic E-state index is 0.0382. The third-order valence-electron chi connectivity index (χ3n) is 9.88. The Kier molecular flexibility index (Phi) is 11.1. The quantitative estimate of drug-likeness (QED) is 0.0995. The molecule has 3 unspecified atom stereocenters. The molecule has 2 amide bonds. The topological polar surface area (TPSA) is 97.5 Å². The van der Waals surface area contributed by atoms with Crippen molar-refractivity contribution in [2.75, 3.05) is 19.4 Å². The lowest BCUT2D eigenvalue weighted by Gasteiger charge is -2.50. The highest BCUT2D eigenvalue weighted by Crippen LogP contribution is 2.50. The molecule has 0 aromatic carbocycles. The minimum absolute atomic E-state index is 0.0382. The molecule has 0 aromatic heterocycles. The second kappa shape index (κ2) is 14.3. The molecule has 1 saturated heterocycles. The van der Waals surface area contributed by atoms with Crippen molar-refractivity contribution in [2.24, 2.45) is 29.6 Å². The van der Waals surface area contributed by atoms with Gasteiger partial charge in [-0.25, -0.2) is 0 Å². The van der Waals surface area contributed by atoms with E-state index < -0.39 is 0 Å². The van der Waals surface area contributed by atoms with E-state index in [-0.39, 0.29) is 47.6 Å². The molecule has 1 heterocycles. The zero-order chi connectivity index (χ0) is 27.9. The predicted molar refractivity (Wildman–Crippen MR) is 159 cm³/mol. The first-order valence-electron chi connectivity index (χ1n) is 15.5. The molecular formula is C31H50N4O3S. The van der Waals surface area contributed by atoms with E-state index >= 15 is 0 Å². The Labute approximate surface area is 239 Å². The summed E-state index contributed by atoms with van der Waals surface area (Å²) in [7, 11) is 1.77. The van der Waals surface area contributed by atoms with Crippen molar-refractivity contribution < 1.29 is 14.3 Å². The molecule has 0 spiro atoms. The molecule has 4 aliphatic rings. The zero-order valence-electron chi connectivity index (χ0n) is 24.2. The van der Waals surface area contributed by atoms with Gasteiger partial charge in [0.2, 0.25) is 11.8 Å². The van der Waals surface area contributed by atoms with Crippen molar-refractivity contribution in [3.8, 4) is 0 Å². The molecule has 2 N–H and O–H groups in total. The first kappa shape index (κ1) is 30.3. The number of hydrogen-bond acceptors (Lipinski definition) is 6. The van der Waals surface area contributed by atoms with Gasteiger partial charge in [0.25, 0.3) is 0 Å². The van der Waals surface area contributed by atoms with Crippen LogP contribution in [0.2, 0.25) is 0 Å². The van der Waals surface area contributed by atoms with Gasteiger partial charge in [-0.1, -0.05) is 56.9 Å². The standard InChI is InChI=1S/C31H50N4O3S/c1-4-9-22(10-5-2)28(32)35(23-15-17-24(38-3)18-16-23)31(33)39-20-8-19-34-29(36)25-13-6-11-21-12-7-14-26(27(21)25)30(34)37/h4,21-27,32-33H,1,5-20H2,2-3H3. The Morgan fingerprint density at radius 2 is 1.72 bits per heavy atom. The van der Waals surface area contributed by atoms with E-state index in [1.165, 1.54) is 24.6 Å². The molecule has 7 nitrogen and oxygen atoms in total. The van der Waals surface area contributed by atoms with Crippen LogP contribution in [0.5, 0.6) is 0 Å². The number of ether oxygens (including phenoxy) is 1. The molecule has 0 radical (unpaired) electrons. The summed E-state index contributed by atoms with van der Waals surface area (Å²) >= 11 is 1.46. The predicted octanol–water partition coefficient (Wildman–Crippen LogP) is 6.48. The average Bonchev–Trinajstić information content (AvgIpc) is 2.95. The fraction of sp³-hybridized carbons (Fsp3) is 0.806. The van der Waals surface area contributed by atoms with E-state index in [0.717, 1.165) is 70.6 Å². The van der Waals surface area contributed by atoms with Crippen LogP contribution in [0.15, 0.2) is 12.7 Å². The number of methoxy groups -OCH3 is 1. The van der Waals surface area contributed by atoms with Gasteiger partial charge in [0, 0.05) is 43.2 Å². The fourth-order valence-electron chi connectivity index (χ4n) is 7.94. The molecule has 3 saturated carbocycles. The summed E-state index contributed by atoms with van der Waals surface area (Å²) in [6.45, 7) is 6.51. The van der Waals surface area contributed by atoms with Crippen LogP contribution in [0.4, 0.5) is 0 Å². The van der Waals surface area contributed by atoms with Gasteiger partial charge in [0.05, 0.1) is 6.10 Å². The Hall–Kier alpha value is -1.67. The van der Waals surface area contributed by atoms with Crippen LogP contribution in [0, 0.1) is 40.4 Å². The van der Waals surface area contributed by atoms with Gasteiger partial charge < -0.3 is 9.64 Å². The molecule has 3 aliphatic carbocycles. The smallest absolute Gasteiger partial charge is 0.232 e. The summed E-state index contributed by atoms with van der Waals surface area (Å²) in [6.07, 6.45) is 15.7. The molecule has 0 bridgehead atoms. The van der Waals surface area contributed by atoms with E-state index in [9.17, 15) is 9.59 Å². The number of nitrogens with zero attached hydrogens (tertiary/aromatic N) is 2. The SMILES string of the molecule is C=CCC(CCC)C(=N)N(C(=N)SCCCN1C(=O)C2CCCC3CCCC(C1=O)C32)C1CCC(OC)CC1. The summed E-state index contributed by atoms with van der Waals surface area (Å²) in [5.41, 5.74) is 0. The lowest BCUT2D eigenvalue weighted by Crippen LogP contribution is -2.58. The maximum Gasteiger partial charge on any atom is 0.232 e. The number of amides is 2. The van der Waals surface area contributed by atoms with Crippen molar-refractivity contribution >= 4 is 34.6 Å². The number of imide groups is 1. The summed E-state index contributed by atoms with van der Waals surface area (Å²) in [6, 6.07) is 0.140. The molecule has 4 fully saturated rings. The number of carbonyl (C=O) groups is 2. The van der Waals surface area contributed by atoms with Crippen LogP contribution in [-0.2, 0) is 14.3 Å². The van der Waals surface area contributed by atoms with Gasteiger partial charge in [0.15, 0.2) is 5.17 Å². The molecule has 4 rings (SSSR count). The number of allylic oxidation sites excluding steroid dienone is 1. The van der Waals surface area contributed by atoms with Crippen molar-refractivity contribution in [1.82, 2.24) is 9.80 Å². The number of thioether (sulfide) groups is 1. The molecular weight excluding hydrogens is 508 g/mol. The first-order chi connectivity index (χ1) is 18.9. The van der Waals surface area contributed by atoms with Crippen LogP contribution in [0.25, 0.3) is 0 Å². The molecule has 3 atom stereocenters. The fourth-order valence-corrected chi connectivity index (χ4v) is 8.80. The van der Waals surface area contributed by atoms with E-state index in [2.05, 4.69) is 13.5 Å². The van der Waals surface area contributed by atoms with Crippen LogP contribution in [-0.4, -0.2) is 64.2 Å². The number of amidine groups is 2. The molecule has 0 aromatic rings. The van der Waals surface area contributed by atoms with Crippen LogP contribution in [0.1, 0.15) is 96.8 Å². The third-order valence-corrected chi connectivity index (χ3v) is 10.8. The molecule has 8 heteroatoms. The van der Waals surface area contributed by atoms with Gasteiger partial charge in [-0.15, -0.1) is 6.58 Å². The van der Waals surface area contributed by atoms with Gasteiger partial charge in [-0.2, -0.15) is 0 Å².